The molecule has 0 amide bonds. The highest BCUT2D eigenvalue weighted by Gasteiger charge is 2.40. The summed E-state index contributed by atoms with van der Waals surface area (Å²) in [5, 5.41) is 0.754. The van der Waals surface area contributed by atoms with E-state index in [9.17, 15) is 8.42 Å². The number of nitrogens with zero attached hydrogens (tertiary/aromatic N) is 1. The van der Waals surface area contributed by atoms with Crippen molar-refractivity contribution in [3.8, 4) is 0 Å². The molecule has 0 radical (unpaired) electrons. The molecule has 178 valence electrons. The lowest BCUT2D eigenvalue weighted by atomic mass is 9.93. The minimum atomic E-state index is -3.95. The van der Waals surface area contributed by atoms with Crippen molar-refractivity contribution >= 4 is 48.2 Å². The number of benzene rings is 4. The highest BCUT2D eigenvalue weighted by molar-refractivity contribution is 9.10. The maximum absolute atomic E-state index is 14.3. The molecule has 1 aliphatic heterocycles. The quantitative estimate of drug-likeness (QED) is 0.226. The number of anilines is 1. The van der Waals surface area contributed by atoms with Crippen molar-refractivity contribution < 1.29 is 12.8 Å². The van der Waals surface area contributed by atoms with E-state index >= 15 is 0 Å². The molecule has 0 N–H and O–H groups in total. The average molecular weight is 556 g/mol. The fourth-order valence-corrected chi connectivity index (χ4v) is 6.74. The van der Waals surface area contributed by atoms with Crippen molar-refractivity contribution in [2.45, 2.75) is 17.9 Å². The molecule has 0 spiro atoms. The summed E-state index contributed by atoms with van der Waals surface area (Å²) in [6.07, 6.45) is 1.99. The third-order valence-corrected chi connectivity index (χ3v) is 8.75. The number of para-hydroxylation sites is 1. The molecule has 4 nitrogen and oxygen atoms in total. The van der Waals surface area contributed by atoms with E-state index in [1.165, 1.54) is 4.31 Å². The Balaban J connectivity index is 1.69. The van der Waals surface area contributed by atoms with Gasteiger partial charge in [-0.15, -0.1) is 0 Å². The average Bonchev–Trinajstić information content (AvgIpc) is 3.28. The molecule has 0 bridgehead atoms. The summed E-state index contributed by atoms with van der Waals surface area (Å²) in [6.45, 7) is 1.94. The number of aryl methyl sites for hydroxylation is 1. The van der Waals surface area contributed by atoms with Crippen molar-refractivity contribution in [3.63, 3.8) is 0 Å². The Morgan fingerprint density at radius 2 is 1.56 bits per heavy atom. The van der Waals surface area contributed by atoms with Gasteiger partial charge >= 0.3 is 0 Å². The summed E-state index contributed by atoms with van der Waals surface area (Å²) in [4.78, 5) is 0.240. The van der Waals surface area contributed by atoms with E-state index in [1.807, 2.05) is 104 Å². The second-order valence-electron chi connectivity index (χ2n) is 8.84. The lowest BCUT2D eigenvalue weighted by Crippen LogP contribution is -2.36. The van der Waals surface area contributed by atoms with Gasteiger partial charge in [-0.25, -0.2) is 8.42 Å². The number of halogens is 1. The van der Waals surface area contributed by atoms with Crippen LogP contribution in [-0.2, 0) is 10.0 Å². The molecular weight excluding hydrogens is 534 g/mol. The summed E-state index contributed by atoms with van der Waals surface area (Å²) in [6, 6.07) is 31.7. The van der Waals surface area contributed by atoms with Gasteiger partial charge in [0.1, 0.15) is 11.3 Å². The van der Waals surface area contributed by atoms with Crippen molar-refractivity contribution in [2.24, 2.45) is 0 Å². The third kappa shape index (κ3) is 3.77. The van der Waals surface area contributed by atoms with Gasteiger partial charge < -0.3 is 4.42 Å². The Morgan fingerprint density at radius 1 is 0.833 bits per heavy atom. The standard InChI is InChI=1S/C30H22BrNO3S/c1-20-14-16-24(17-15-20)36(33,34)32-27(21-8-3-2-4-9-21)19-26(22-10-7-11-23(31)18-22)30-29(32)25-12-5-6-13-28(25)35-30/h2-19,27H,1H3. The van der Waals surface area contributed by atoms with Crippen LogP contribution in [-0.4, -0.2) is 8.42 Å². The first-order chi connectivity index (χ1) is 17.4. The van der Waals surface area contributed by atoms with Crippen molar-refractivity contribution in [2.75, 3.05) is 4.31 Å². The second-order valence-corrected chi connectivity index (χ2v) is 11.6. The summed E-state index contributed by atoms with van der Waals surface area (Å²) in [5.74, 6) is 0.539. The van der Waals surface area contributed by atoms with Crippen LogP contribution in [0.3, 0.4) is 0 Å². The summed E-state index contributed by atoms with van der Waals surface area (Å²) in [7, 11) is -3.95. The predicted octanol–water partition coefficient (Wildman–Crippen LogP) is 7.89. The van der Waals surface area contributed by atoms with Crippen molar-refractivity contribution in [1.82, 2.24) is 0 Å². The van der Waals surface area contributed by atoms with Gasteiger partial charge in [-0.1, -0.05) is 88.2 Å². The molecule has 6 rings (SSSR count). The summed E-state index contributed by atoms with van der Waals surface area (Å²) >= 11 is 3.58. The van der Waals surface area contributed by atoms with Crippen LogP contribution in [0.4, 0.5) is 5.69 Å². The van der Waals surface area contributed by atoms with Gasteiger partial charge in [0.2, 0.25) is 0 Å². The topological polar surface area (TPSA) is 50.5 Å². The Labute approximate surface area is 218 Å². The minimum Gasteiger partial charge on any atom is -0.454 e. The number of rotatable bonds is 4. The fraction of sp³-hybridized carbons (Fsp3) is 0.0667. The largest absolute Gasteiger partial charge is 0.454 e. The molecule has 1 aromatic heterocycles. The molecule has 0 saturated carbocycles. The van der Waals surface area contributed by atoms with Gasteiger partial charge in [0.15, 0.2) is 5.76 Å². The van der Waals surface area contributed by atoms with E-state index in [0.717, 1.165) is 32.1 Å². The molecule has 36 heavy (non-hydrogen) atoms. The van der Waals surface area contributed by atoms with E-state index < -0.39 is 16.1 Å². The van der Waals surface area contributed by atoms with E-state index in [1.54, 1.807) is 12.1 Å². The van der Waals surface area contributed by atoms with Crippen LogP contribution in [0, 0.1) is 6.92 Å². The van der Waals surface area contributed by atoms with Crippen molar-refractivity contribution in [3.05, 3.63) is 136 Å². The lowest BCUT2D eigenvalue weighted by molar-refractivity contribution is 0.576. The molecule has 1 unspecified atom stereocenters. The Morgan fingerprint density at radius 3 is 2.31 bits per heavy atom. The fourth-order valence-electron chi connectivity index (χ4n) is 4.73. The first-order valence-electron chi connectivity index (χ1n) is 11.6. The van der Waals surface area contributed by atoms with E-state index in [4.69, 9.17) is 4.42 Å². The second kappa shape index (κ2) is 8.80. The zero-order valence-corrected chi connectivity index (χ0v) is 21.8. The van der Waals surface area contributed by atoms with Gasteiger partial charge in [0.25, 0.3) is 10.0 Å². The zero-order valence-electron chi connectivity index (χ0n) is 19.4. The van der Waals surface area contributed by atoms with E-state index in [2.05, 4.69) is 15.9 Å². The highest BCUT2D eigenvalue weighted by Crippen LogP contribution is 2.50. The van der Waals surface area contributed by atoms with Crippen LogP contribution in [0.2, 0.25) is 0 Å². The first-order valence-corrected chi connectivity index (χ1v) is 13.8. The molecule has 0 fully saturated rings. The Kier molecular flexibility index (Phi) is 5.58. The predicted molar refractivity (Wildman–Crippen MR) is 147 cm³/mol. The Bertz CT molecular complexity index is 1720. The maximum Gasteiger partial charge on any atom is 0.265 e. The van der Waals surface area contributed by atoms with Crippen LogP contribution in [0.25, 0.3) is 16.5 Å². The van der Waals surface area contributed by atoms with Crippen molar-refractivity contribution in [1.29, 1.82) is 0 Å². The number of hydrogen-bond donors (Lipinski definition) is 0. The molecule has 2 heterocycles. The van der Waals surface area contributed by atoms with Crippen LogP contribution in [0.1, 0.15) is 28.5 Å². The number of furan rings is 1. The van der Waals surface area contributed by atoms with Gasteiger partial charge in [0, 0.05) is 15.4 Å². The van der Waals surface area contributed by atoms with E-state index in [0.29, 0.717) is 17.0 Å². The Hall–Kier alpha value is -3.61. The summed E-state index contributed by atoms with van der Waals surface area (Å²) in [5.41, 5.74) is 4.86. The molecule has 0 aliphatic carbocycles. The maximum atomic E-state index is 14.3. The van der Waals surface area contributed by atoms with Crippen LogP contribution in [0.5, 0.6) is 0 Å². The first kappa shape index (κ1) is 22.8. The number of fused-ring (bicyclic) bond motifs is 3. The zero-order chi connectivity index (χ0) is 24.9. The molecule has 4 aromatic carbocycles. The van der Waals surface area contributed by atoms with Gasteiger partial charge in [-0.05, 0) is 60.5 Å². The monoisotopic (exact) mass is 555 g/mol. The molecule has 1 aliphatic rings. The van der Waals surface area contributed by atoms with Gasteiger partial charge in [0.05, 0.1) is 10.9 Å². The molecular formula is C30H22BrNO3S. The van der Waals surface area contributed by atoms with Crippen LogP contribution >= 0.6 is 15.9 Å². The molecule has 5 aromatic rings. The van der Waals surface area contributed by atoms with Crippen LogP contribution < -0.4 is 4.31 Å². The SMILES string of the molecule is Cc1ccc(S(=O)(=O)N2c3c(oc4ccccc34)C(c3cccc(Br)c3)=CC2c2ccccc2)cc1. The summed E-state index contributed by atoms with van der Waals surface area (Å²) < 4.78 is 37.5. The molecule has 1 atom stereocenters. The third-order valence-electron chi connectivity index (χ3n) is 6.47. The van der Waals surface area contributed by atoms with Gasteiger partial charge in [-0.3, -0.25) is 4.31 Å². The van der Waals surface area contributed by atoms with Gasteiger partial charge in [-0.2, -0.15) is 0 Å². The lowest BCUT2D eigenvalue weighted by Gasteiger charge is -2.35. The normalized spacial score (nSPS) is 15.6. The molecule has 6 heteroatoms. The number of sulfonamides is 1. The smallest absolute Gasteiger partial charge is 0.265 e. The number of hydrogen-bond acceptors (Lipinski definition) is 3. The van der Waals surface area contributed by atoms with E-state index in [-0.39, 0.29) is 4.90 Å². The van der Waals surface area contributed by atoms with Crippen LogP contribution in [0.15, 0.2) is 123 Å². The highest BCUT2D eigenvalue weighted by atomic mass is 79.9. The minimum absolute atomic E-state index is 0.240. The molecule has 0 saturated heterocycles.